The molecule has 0 saturated heterocycles. The predicted molar refractivity (Wildman–Crippen MR) is 236 cm³/mol. The number of benzene rings is 7. The summed E-state index contributed by atoms with van der Waals surface area (Å²) in [6.07, 6.45) is 1.91. The number of hydrogen-bond acceptors (Lipinski definition) is 3. The summed E-state index contributed by atoms with van der Waals surface area (Å²) in [5.41, 5.74) is 10.9. The minimum Gasteiger partial charge on any atom is -0.355 e. The maximum atomic E-state index is 8.37. The molecule has 10 rings (SSSR count). The maximum Gasteiger partial charge on any atom is 2.00 e. The number of aromatic nitrogens is 2. The average Bonchev–Trinajstić information content (AvgIpc) is 3.85. The van der Waals surface area contributed by atoms with Crippen LogP contribution in [0.1, 0.15) is 51.7 Å². The summed E-state index contributed by atoms with van der Waals surface area (Å²) >= 11 is 0. The first kappa shape index (κ1) is 33.9. The number of pyridine rings is 1. The first-order valence-corrected chi connectivity index (χ1v) is 19.5. The molecule has 0 spiro atoms. The quantitative estimate of drug-likeness (QED) is 0.112. The Balaban J connectivity index is 0.00000476. The summed E-state index contributed by atoms with van der Waals surface area (Å²) in [5.74, 6) is 1.18. The van der Waals surface area contributed by atoms with Gasteiger partial charge in [-0.2, -0.15) is 36.4 Å². The molecule has 284 valence electrons. The molecule has 7 aromatic carbocycles. The van der Waals surface area contributed by atoms with Gasteiger partial charge in [0.15, 0.2) is 0 Å². The van der Waals surface area contributed by atoms with E-state index in [2.05, 4.69) is 164 Å². The van der Waals surface area contributed by atoms with Gasteiger partial charge in [0.2, 0.25) is 0 Å². The largest absolute Gasteiger partial charge is 2.00 e. The molecule has 4 nitrogen and oxygen atoms in total. The van der Waals surface area contributed by atoms with Gasteiger partial charge in [-0.1, -0.05) is 140 Å². The fourth-order valence-corrected chi connectivity index (χ4v) is 8.88. The smallest absolute Gasteiger partial charge is 0.355 e. The molecule has 58 heavy (non-hydrogen) atoms. The standard InChI is InChI=1S/C53H42N4.Pt/c1-37(2)44-23-10-11-24-45(44)38-31-32-54-52(33-38)57-48-26-13-12-25-46(48)47-30-29-42(35-51(47)57)53(39-17-6-4-7-18-39,40-19-8-5-9-20-40)41-21-16-22-43(34-41)56-36-55(3)49-27-14-15-28-50(49)56;/h4-33,37H,36H2,1-3H3;/q-2;+2/i3D3;. The van der Waals surface area contributed by atoms with Gasteiger partial charge >= 0.3 is 21.1 Å². The van der Waals surface area contributed by atoms with E-state index in [0.717, 1.165) is 66.8 Å². The zero-order chi connectivity index (χ0) is 41.0. The van der Waals surface area contributed by atoms with Crippen LogP contribution in [0.5, 0.6) is 0 Å². The first-order valence-electron chi connectivity index (χ1n) is 21.0. The number of para-hydroxylation sites is 3. The molecule has 0 unspecified atom stereocenters. The Labute approximate surface area is 359 Å². The van der Waals surface area contributed by atoms with Gasteiger partial charge in [-0.05, 0) is 69.5 Å². The van der Waals surface area contributed by atoms with Crippen LogP contribution >= 0.6 is 0 Å². The van der Waals surface area contributed by atoms with Gasteiger partial charge in [-0.15, -0.1) is 22.6 Å². The Morgan fingerprint density at radius 1 is 0.638 bits per heavy atom. The Kier molecular flexibility index (Phi) is 8.92. The van der Waals surface area contributed by atoms with E-state index in [1.165, 1.54) is 16.0 Å². The Morgan fingerprint density at radius 3 is 2.07 bits per heavy atom. The van der Waals surface area contributed by atoms with Crippen LogP contribution < -0.4 is 9.80 Å². The van der Waals surface area contributed by atoms with Gasteiger partial charge in [0.05, 0.1) is 18.0 Å². The van der Waals surface area contributed by atoms with E-state index < -0.39 is 12.4 Å². The van der Waals surface area contributed by atoms with Gasteiger partial charge < -0.3 is 14.4 Å². The Morgan fingerprint density at radius 2 is 1.31 bits per heavy atom. The van der Waals surface area contributed by atoms with Crippen LogP contribution in [0.25, 0.3) is 38.8 Å². The fraction of sp³-hybridized carbons (Fsp3) is 0.113. The third-order valence-electron chi connectivity index (χ3n) is 11.5. The maximum absolute atomic E-state index is 8.37. The number of hydrogen-bond donors (Lipinski definition) is 0. The second kappa shape index (κ2) is 15.3. The van der Waals surface area contributed by atoms with Gasteiger partial charge in [-0.3, -0.25) is 0 Å². The average molecular weight is 933 g/mol. The molecule has 0 bridgehead atoms. The van der Waals surface area contributed by atoms with Crippen molar-refractivity contribution in [3.63, 3.8) is 0 Å². The molecule has 0 fully saturated rings. The topological polar surface area (TPSA) is 24.3 Å². The predicted octanol–water partition coefficient (Wildman–Crippen LogP) is 12.5. The van der Waals surface area contributed by atoms with Crippen molar-refractivity contribution in [3.05, 3.63) is 222 Å². The molecule has 2 aromatic heterocycles. The summed E-state index contributed by atoms with van der Waals surface area (Å²) in [5, 5.41) is 2.20. The molecular formula is C53H42N4Pt. The van der Waals surface area contributed by atoms with Crippen molar-refractivity contribution in [2.24, 2.45) is 0 Å². The van der Waals surface area contributed by atoms with E-state index in [-0.39, 0.29) is 27.7 Å². The Bertz CT molecular complexity index is 2980. The second-order valence-electron chi connectivity index (χ2n) is 15.0. The molecule has 0 radical (unpaired) electrons. The number of fused-ring (bicyclic) bond motifs is 4. The molecule has 0 amide bonds. The van der Waals surface area contributed by atoms with Crippen molar-refractivity contribution < 1.29 is 25.2 Å². The molecule has 9 aromatic rings. The van der Waals surface area contributed by atoms with Crippen LogP contribution in [0.2, 0.25) is 0 Å². The molecule has 1 aliphatic rings. The van der Waals surface area contributed by atoms with Gasteiger partial charge in [-0.25, -0.2) is 4.98 Å². The van der Waals surface area contributed by atoms with E-state index in [0.29, 0.717) is 11.6 Å². The summed E-state index contributed by atoms with van der Waals surface area (Å²) in [4.78, 5) is 8.56. The van der Waals surface area contributed by atoms with Crippen LogP contribution in [0.3, 0.4) is 0 Å². The first-order chi connectivity index (χ1) is 29.2. The summed E-state index contributed by atoms with van der Waals surface area (Å²) in [7, 11) is 0. The van der Waals surface area contributed by atoms with Gasteiger partial charge in [0.1, 0.15) is 5.82 Å². The van der Waals surface area contributed by atoms with Crippen LogP contribution in [-0.4, -0.2) is 23.2 Å². The molecular weight excluding hydrogens is 888 g/mol. The van der Waals surface area contributed by atoms with Crippen molar-refractivity contribution in [2.45, 2.75) is 25.2 Å². The normalized spacial score (nSPS) is 13.6. The second-order valence-corrected chi connectivity index (χ2v) is 15.0. The molecule has 0 saturated carbocycles. The summed E-state index contributed by atoms with van der Waals surface area (Å²) in [6, 6.07) is 68.9. The van der Waals surface area contributed by atoms with Crippen LogP contribution in [0.4, 0.5) is 17.1 Å². The van der Waals surface area contributed by atoms with Crippen molar-refractivity contribution in [2.75, 3.05) is 23.4 Å². The van der Waals surface area contributed by atoms with E-state index in [4.69, 9.17) is 9.10 Å². The molecule has 1 aliphatic heterocycles. The third-order valence-corrected chi connectivity index (χ3v) is 11.5. The fourth-order valence-electron chi connectivity index (χ4n) is 8.88. The van der Waals surface area contributed by atoms with Gasteiger partial charge in [0.25, 0.3) is 0 Å². The van der Waals surface area contributed by atoms with E-state index in [1.807, 2.05) is 53.6 Å². The molecule has 0 N–H and O–H groups in total. The monoisotopic (exact) mass is 932 g/mol. The third kappa shape index (κ3) is 6.06. The number of rotatable bonds is 8. The number of anilines is 3. The van der Waals surface area contributed by atoms with Crippen LogP contribution in [0, 0.1) is 12.1 Å². The minimum absolute atomic E-state index is 0. The summed E-state index contributed by atoms with van der Waals surface area (Å²) < 4.78 is 27.4. The molecule has 0 atom stereocenters. The summed E-state index contributed by atoms with van der Waals surface area (Å²) in [6.45, 7) is 2.33. The Hall–Kier alpha value is -6.22. The SMILES string of the molecule is [2H]C([2H])([2H])N1CN(c2[c-]c(C(c3[c-]c4c(cc3)c3ccccc3n4-c3cc(-c4ccccc4C(C)C)ccn3)(c3ccccc3)c3ccccc3)ccc2)c2ccccc21.[Pt+2]. The van der Waals surface area contributed by atoms with Crippen LogP contribution in [0.15, 0.2) is 182 Å². The zero-order valence-corrected chi connectivity index (χ0v) is 34.5. The minimum atomic E-state index is -2.31. The van der Waals surface area contributed by atoms with Crippen molar-refractivity contribution >= 4 is 38.9 Å². The molecule has 5 heteroatoms. The van der Waals surface area contributed by atoms with Gasteiger partial charge in [0, 0.05) is 28.2 Å². The van der Waals surface area contributed by atoms with E-state index in [9.17, 15) is 0 Å². The molecule has 0 aliphatic carbocycles. The van der Waals surface area contributed by atoms with Crippen LogP contribution in [-0.2, 0) is 26.5 Å². The van der Waals surface area contributed by atoms with E-state index >= 15 is 0 Å². The van der Waals surface area contributed by atoms with E-state index in [1.54, 1.807) is 0 Å². The van der Waals surface area contributed by atoms with Crippen molar-refractivity contribution in [1.82, 2.24) is 9.55 Å². The molecule has 3 heterocycles. The van der Waals surface area contributed by atoms with Crippen molar-refractivity contribution in [3.8, 4) is 16.9 Å². The zero-order valence-electron chi connectivity index (χ0n) is 35.2. The van der Waals surface area contributed by atoms with Crippen molar-refractivity contribution in [1.29, 1.82) is 0 Å². The number of nitrogens with zero attached hydrogens (tertiary/aromatic N) is 4.